The Morgan fingerprint density at radius 3 is 2.50 bits per heavy atom. The SMILES string of the molecule is CN1CCNCC1S(=O)(=O)N1CCN(C(Cc2cscn2)C(=O)N[C@@H](CC2CCCCC2)[C@@H](O)[C@@H](O)CCc2ccccn2)C(=O)[C@H]1Cc1ccccc1. The van der Waals surface area contributed by atoms with Gasteiger partial charge < -0.3 is 25.7 Å². The highest BCUT2D eigenvalue weighted by Crippen LogP contribution is 2.30. The predicted molar refractivity (Wildman–Crippen MR) is 208 cm³/mol. The van der Waals surface area contributed by atoms with E-state index in [4.69, 9.17) is 0 Å². The number of likely N-dealkylation sites (N-methyl/N-ethyl adjacent to an activating group) is 1. The molecule has 0 bridgehead atoms. The number of nitrogens with zero attached hydrogens (tertiary/aromatic N) is 5. The molecule has 2 aromatic heterocycles. The molecule has 4 N–H and O–H groups in total. The summed E-state index contributed by atoms with van der Waals surface area (Å²) < 4.78 is 30.0. The number of aromatic nitrogens is 2. The van der Waals surface area contributed by atoms with E-state index in [2.05, 4.69) is 20.6 Å². The molecule has 2 aliphatic heterocycles. The van der Waals surface area contributed by atoms with Crippen LogP contribution in [0.4, 0.5) is 0 Å². The molecule has 6 rings (SSSR count). The van der Waals surface area contributed by atoms with E-state index in [1.54, 1.807) is 18.8 Å². The summed E-state index contributed by atoms with van der Waals surface area (Å²) in [6.45, 7) is 1.52. The van der Waals surface area contributed by atoms with Gasteiger partial charge >= 0.3 is 0 Å². The maximum atomic E-state index is 14.8. The highest BCUT2D eigenvalue weighted by Gasteiger charge is 2.48. The van der Waals surface area contributed by atoms with Crippen LogP contribution in [0.15, 0.2) is 65.6 Å². The summed E-state index contributed by atoms with van der Waals surface area (Å²) in [5.74, 6) is -0.633. The van der Waals surface area contributed by atoms with Crippen LogP contribution < -0.4 is 10.6 Å². The van der Waals surface area contributed by atoms with Crippen LogP contribution >= 0.6 is 11.3 Å². The number of aryl methyl sites for hydroxylation is 1. The van der Waals surface area contributed by atoms with Gasteiger partial charge in [0.1, 0.15) is 23.6 Å². The molecule has 1 aromatic carbocycles. The fourth-order valence-electron chi connectivity index (χ4n) is 8.20. The molecule has 3 aliphatic rings. The number of piperazine rings is 2. The summed E-state index contributed by atoms with van der Waals surface area (Å²) in [4.78, 5) is 41.5. The maximum Gasteiger partial charge on any atom is 0.243 e. The molecule has 294 valence electrons. The van der Waals surface area contributed by atoms with E-state index in [9.17, 15) is 28.2 Å². The Morgan fingerprint density at radius 2 is 1.80 bits per heavy atom. The lowest BCUT2D eigenvalue weighted by Gasteiger charge is -2.45. The van der Waals surface area contributed by atoms with E-state index >= 15 is 0 Å². The summed E-state index contributed by atoms with van der Waals surface area (Å²) >= 11 is 1.39. The molecule has 4 heterocycles. The minimum atomic E-state index is -3.96. The lowest BCUT2D eigenvalue weighted by Crippen LogP contribution is -2.67. The van der Waals surface area contributed by atoms with Gasteiger partial charge in [0, 0.05) is 56.4 Å². The van der Waals surface area contributed by atoms with Crippen molar-refractivity contribution in [3.05, 3.63) is 82.6 Å². The lowest BCUT2D eigenvalue weighted by atomic mass is 9.82. The molecule has 3 aromatic rings. The average molecular weight is 782 g/mol. The maximum absolute atomic E-state index is 14.8. The monoisotopic (exact) mass is 781 g/mol. The number of benzene rings is 1. The number of hydrogen-bond acceptors (Lipinski definition) is 11. The van der Waals surface area contributed by atoms with Crippen molar-refractivity contribution >= 4 is 33.2 Å². The molecule has 3 fully saturated rings. The molecular formula is C39H55N7O6S2. The molecule has 2 amide bonds. The second-order valence-electron chi connectivity index (χ2n) is 15.0. The van der Waals surface area contributed by atoms with E-state index in [1.807, 2.05) is 58.8 Å². The van der Waals surface area contributed by atoms with Crippen molar-refractivity contribution in [3.8, 4) is 0 Å². The van der Waals surface area contributed by atoms with Gasteiger partial charge in [-0.15, -0.1) is 11.3 Å². The highest BCUT2D eigenvalue weighted by atomic mass is 32.2. The topological polar surface area (TPSA) is 168 Å². The van der Waals surface area contributed by atoms with Gasteiger partial charge in [-0.3, -0.25) is 19.5 Å². The molecule has 13 nitrogen and oxygen atoms in total. The number of carbonyl (C=O) groups excluding carboxylic acids is 2. The first-order valence-electron chi connectivity index (χ1n) is 19.3. The van der Waals surface area contributed by atoms with Crippen molar-refractivity contribution in [1.29, 1.82) is 0 Å². The van der Waals surface area contributed by atoms with Crippen LogP contribution in [-0.4, -0.2) is 130 Å². The first kappa shape index (κ1) is 40.4. The van der Waals surface area contributed by atoms with Gasteiger partial charge in [0.15, 0.2) is 0 Å². The predicted octanol–water partition coefficient (Wildman–Crippen LogP) is 2.21. The number of sulfonamides is 1. The summed E-state index contributed by atoms with van der Waals surface area (Å²) in [5.41, 5.74) is 3.93. The number of pyridine rings is 1. The Hall–Kier alpha value is -3.31. The third kappa shape index (κ3) is 10.1. The van der Waals surface area contributed by atoms with Crippen LogP contribution in [0, 0.1) is 5.92 Å². The van der Waals surface area contributed by atoms with Crippen LogP contribution in [0.5, 0.6) is 0 Å². The van der Waals surface area contributed by atoms with E-state index in [0.29, 0.717) is 31.6 Å². The van der Waals surface area contributed by atoms with Gasteiger partial charge in [0.05, 0.1) is 23.4 Å². The van der Waals surface area contributed by atoms with Gasteiger partial charge in [-0.05, 0) is 56.3 Å². The van der Waals surface area contributed by atoms with Crippen LogP contribution in [0.25, 0.3) is 0 Å². The Labute approximate surface area is 323 Å². The van der Waals surface area contributed by atoms with Crippen LogP contribution in [0.3, 0.4) is 0 Å². The van der Waals surface area contributed by atoms with Crippen molar-refractivity contribution in [2.75, 3.05) is 39.8 Å². The number of amides is 2. The van der Waals surface area contributed by atoms with Crippen LogP contribution in [0.2, 0.25) is 0 Å². The quantitative estimate of drug-likeness (QED) is 0.169. The second kappa shape index (κ2) is 19.0. The average Bonchev–Trinajstić information content (AvgIpc) is 3.71. The molecule has 1 saturated carbocycles. The van der Waals surface area contributed by atoms with Crippen molar-refractivity contribution in [2.24, 2.45) is 5.92 Å². The van der Waals surface area contributed by atoms with Gasteiger partial charge in [0.2, 0.25) is 21.8 Å². The minimum Gasteiger partial charge on any atom is -0.390 e. The zero-order chi connectivity index (χ0) is 38.1. The minimum absolute atomic E-state index is 0.0119. The van der Waals surface area contributed by atoms with Gasteiger partial charge in [-0.1, -0.05) is 68.5 Å². The number of nitrogens with one attached hydrogen (secondary N) is 2. The van der Waals surface area contributed by atoms with Gasteiger partial charge in [-0.25, -0.2) is 13.4 Å². The largest absolute Gasteiger partial charge is 0.390 e. The number of aliphatic hydroxyl groups excluding tert-OH is 2. The van der Waals surface area contributed by atoms with E-state index in [-0.39, 0.29) is 44.8 Å². The molecule has 0 radical (unpaired) electrons. The number of hydrogen-bond donors (Lipinski definition) is 4. The molecule has 2 unspecified atom stereocenters. The zero-order valence-electron chi connectivity index (χ0n) is 31.1. The Morgan fingerprint density at radius 1 is 1.02 bits per heavy atom. The third-order valence-electron chi connectivity index (χ3n) is 11.3. The van der Waals surface area contributed by atoms with Crippen molar-refractivity contribution in [1.82, 2.24) is 34.7 Å². The number of rotatable bonds is 16. The fraction of sp³-hybridized carbons (Fsp3) is 0.590. The number of carbonyl (C=O) groups is 2. The Balaban J connectivity index is 1.27. The molecule has 1 aliphatic carbocycles. The van der Waals surface area contributed by atoms with E-state index in [0.717, 1.165) is 43.4 Å². The zero-order valence-corrected chi connectivity index (χ0v) is 32.7. The first-order chi connectivity index (χ1) is 26.1. The molecule has 6 atom stereocenters. The fourth-order valence-corrected chi connectivity index (χ4v) is 10.8. The van der Waals surface area contributed by atoms with Crippen LogP contribution in [0.1, 0.15) is 61.9 Å². The standard InChI is InChI=1S/C39H55N7O6S2/c1-44-19-18-40-25-36(44)54(51,52)46-21-20-45(39(50)34(46)23-29-12-6-3-7-13-29)33(24-31-26-53-27-42-31)38(49)43-32(22-28-10-4-2-5-11-28)37(48)35(47)16-15-30-14-8-9-17-41-30/h3,6-9,12-14,17,26-28,32-37,40,47-48H,2,4-5,10-11,15-16,18-25H2,1H3,(H,43,49)/t32-,33?,34+,35-,36?,37+/m0/s1. The summed E-state index contributed by atoms with van der Waals surface area (Å²) in [7, 11) is -2.18. The normalized spacial score (nSPS) is 23.1. The molecule has 15 heteroatoms. The van der Waals surface area contributed by atoms with Crippen LogP contribution in [-0.2, 0) is 38.9 Å². The summed E-state index contributed by atoms with van der Waals surface area (Å²) in [6.07, 6.45) is 6.09. The summed E-state index contributed by atoms with van der Waals surface area (Å²) in [6, 6.07) is 12.1. The van der Waals surface area contributed by atoms with Crippen molar-refractivity contribution in [3.63, 3.8) is 0 Å². The smallest absolute Gasteiger partial charge is 0.243 e. The second-order valence-corrected chi connectivity index (χ2v) is 17.8. The number of aliphatic hydroxyl groups is 2. The number of thiazole rings is 1. The third-order valence-corrected chi connectivity index (χ3v) is 14.2. The Kier molecular flexibility index (Phi) is 14.2. The van der Waals surface area contributed by atoms with E-state index < -0.39 is 57.5 Å². The summed E-state index contributed by atoms with van der Waals surface area (Å²) in [5, 5.41) is 30.2. The molecule has 2 saturated heterocycles. The highest BCUT2D eigenvalue weighted by molar-refractivity contribution is 7.89. The first-order valence-corrected chi connectivity index (χ1v) is 21.8. The van der Waals surface area contributed by atoms with Crippen molar-refractivity contribution in [2.45, 2.75) is 99.9 Å². The molecular weight excluding hydrogens is 727 g/mol. The lowest BCUT2D eigenvalue weighted by molar-refractivity contribution is -0.147. The molecule has 54 heavy (non-hydrogen) atoms. The van der Waals surface area contributed by atoms with Gasteiger partial charge in [0.25, 0.3) is 0 Å². The Bertz CT molecular complexity index is 1730. The molecule has 0 spiro atoms. The van der Waals surface area contributed by atoms with Gasteiger partial charge in [-0.2, -0.15) is 4.31 Å². The van der Waals surface area contributed by atoms with E-state index in [1.165, 1.54) is 20.5 Å². The van der Waals surface area contributed by atoms with Crippen molar-refractivity contribution < 1.29 is 28.2 Å².